The summed E-state index contributed by atoms with van der Waals surface area (Å²) in [5.74, 6) is -2.22. The Bertz CT molecular complexity index is 389. The van der Waals surface area contributed by atoms with E-state index in [1.165, 1.54) is 6.07 Å². The van der Waals surface area contributed by atoms with E-state index >= 15 is 0 Å². The minimum atomic E-state index is -1.14. The Morgan fingerprint density at radius 1 is 1.27 bits per heavy atom. The molecule has 0 heterocycles. The zero-order chi connectivity index (χ0) is 11.4. The van der Waals surface area contributed by atoms with Gasteiger partial charge in [-0.1, -0.05) is 18.2 Å². The number of benzene rings is 1. The van der Waals surface area contributed by atoms with E-state index in [9.17, 15) is 9.59 Å². The van der Waals surface area contributed by atoms with Crippen molar-refractivity contribution in [1.82, 2.24) is 0 Å². The van der Waals surface area contributed by atoms with Crippen molar-refractivity contribution >= 4 is 11.9 Å². The van der Waals surface area contributed by atoms with Crippen LogP contribution in [0.3, 0.4) is 0 Å². The van der Waals surface area contributed by atoms with Crippen LogP contribution in [-0.4, -0.2) is 28.2 Å². The Morgan fingerprint density at radius 2 is 1.87 bits per heavy atom. The fourth-order valence-electron chi connectivity index (χ4n) is 1.23. The number of rotatable bonds is 4. The third-order valence-corrected chi connectivity index (χ3v) is 2.00. The van der Waals surface area contributed by atoms with Gasteiger partial charge in [-0.25, -0.2) is 4.79 Å². The molecule has 1 aromatic rings. The number of carboxylic acid groups (broad SMARTS) is 2. The molecule has 0 fully saturated rings. The number of nitrogens with two attached hydrogens (primary N) is 1. The third kappa shape index (κ3) is 2.78. The van der Waals surface area contributed by atoms with Gasteiger partial charge in [-0.3, -0.25) is 4.79 Å². The fraction of sp³-hybridized carbons (Fsp3) is 0.200. The van der Waals surface area contributed by atoms with Crippen molar-refractivity contribution in [3.63, 3.8) is 0 Å². The van der Waals surface area contributed by atoms with Gasteiger partial charge in [0.05, 0.1) is 5.56 Å². The third-order valence-electron chi connectivity index (χ3n) is 2.00. The summed E-state index contributed by atoms with van der Waals surface area (Å²) < 4.78 is 0. The SMILES string of the molecule is NC(Cc1ccccc1C(=O)O)C(=O)O. The van der Waals surface area contributed by atoms with E-state index in [2.05, 4.69) is 0 Å². The topological polar surface area (TPSA) is 101 Å². The zero-order valence-electron chi connectivity index (χ0n) is 7.88. The van der Waals surface area contributed by atoms with Gasteiger partial charge in [0.15, 0.2) is 0 Å². The van der Waals surface area contributed by atoms with Gasteiger partial charge < -0.3 is 15.9 Å². The van der Waals surface area contributed by atoms with E-state index in [0.717, 1.165) is 0 Å². The molecule has 4 N–H and O–H groups in total. The van der Waals surface area contributed by atoms with Crippen LogP contribution in [0.5, 0.6) is 0 Å². The summed E-state index contributed by atoms with van der Waals surface area (Å²) in [4.78, 5) is 21.3. The molecule has 0 saturated carbocycles. The summed E-state index contributed by atoms with van der Waals surface area (Å²) in [6.07, 6.45) is 0.0117. The lowest BCUT2D eigenvalue weighted by molar-refractivity contribution is -0.138. The lowest BCUT2D eigenvalue weighted by Gasteiger charge is -2.08. The van der Waals surface area contributed by atoms with Crippen molar-refractivity contribution in [3.05, 3.63) is 35.4 Å². The summed E-state index contributed by atoms with van der Waals surface area (Å²) in [7, 11) is 0. The molecule has 0 aromatic heterocycles. The maximum absolute atomic E-state index is 10.8. The molecular weight excluding hydrogens is 198 g/mol. The minimum absolute atomic E-state index is 0.0117. The predicted octanol–water partition coefficient (Wildman–Crippen LogP) is 0.339. The largest absolute Gasteiger partial charge is 0.480 e. The van der Waals surface area contributed by atoms with Crippen LogP contribution >= 0.6 is 0 Å². The molecule has 0 spiro atoms. The van der Waals surface area contributed by atoms with Gasteiger partial charge in [0.25, 0.3) is 0 Å². The van der Waals surface area contributed by atoms with Gasteiger partial charge in [0, 0.05) is 0 Å². The maximum atomic E-state index is 10.8. The molecule has 1 aromatic carbocycles. The van der Waals surface area contributed by atoms with Crippen LogP contribution in [0.25, 0.3) is 0 Å². The molecule has 0 bridgehead atoms. The molecule has 0 amide bonds. The quantitative estimate of drug-likeness (QED) is 0.663. The first-order chi connectivity index (χ1) is 7.02. The van der Waals surface area contributed by atoms with Crippen LogP contribution in [0.2, 0.25) is 0 Å². The Hall–Kier alpha value is -1.88. The fourth-order valence-corrected chi connectivity index (χ4v) is 1.23. The lowest BCUT2D eigenvalue weighted by Crippen LogP contribution is -2.32. The highest BCUT2D eigenvalue weighted by Crippen LogP contribution is 2.10. The number of hydrogen-bond donors (Lipinski definition) is 3. The summed E-state index contributed by atoms with van der Waals surface area (Å²) >= 11 is 0. The zero-order valence-corrected chi connectivity index (χ0v) is 7.88. The minimum Gasteiger partial charge on any atom is -0.480 e. The van der Waals surface area contributed by atoms with Gasteiger partial charge in [0.1, 0.15) is 6.04 Å². The molecular formula is C10H11NO4. The van der Waals surface area contributed by atoms with Crippen LogP contribution in [-0.2, 0) is 11.2 Å². The number of carbonyl (C=O) groups is 2. The van der Waals surface area contributed by atoms with Crippen LogP contribution in [0.15, 0.2) is 24.3 Å². The van der Waals surface area contributed by atoms with Gasteiger partial charge in [-0.05, 0) is 18.1 Å². The second-order valence-electron chi connectivity index (χ2n) is 3.11. The first kappa shape index (κ1) is 11.2. The van der Waals surface area contributed by atoms with Crippen molar-refractivity contribution in [3.8, 4) is 0 Å². The molecule has 0 aliphatic heterocycles. The van der Waals surface area contributed by atoms with Crippen molar-refractivity contribution in [2.75, 3.05) is 0 Å². The molecule has 5 nitrogen and oxygen atoms in total. The second kappa shape index (κ2) is 4.56. The predicted molar refractivity (Wildman–Crippen MR) is 52.7 cm³/mol. The lowest BCUT2D eigenvalue weighted by atomic mass is 10.0. The summed E-state index contributed by atoms with van der Waals surface area (Å²) in [5.41, 5.74) is 5.85. The van der Waals surface area contributed by atoms with E-state index < -0.39 is 18.0 Å². The molecule has 0 aliphatic carbocycles. The highest BCUT2D eigenvalue weighted by molar-refractivity contribution is 5.89. The van der Waals surface area contributed by atoms with E-state index in [0.29, 0.717) is 5.56 Å². The molecule has 5 heteroatoms. The first-order valence-electron chi connectivity index (χ1n) is 4.32. The smallest absolute Gasteiger partial charge is 0.335 e. The maximum Gasteiger partial charge on any atom is 0.335 e. The molecule has 15 heavy (non-hydrogen) atoms. The summed E-state index contributed by atoms with van der Waals surface area (Å²) in [6, 6.07) is 5.14. The molecule has 1 unspecified atom stereocenters. The van der Waals surface area contributed by atoms with Gasteiger partial charge >= 0.3 is 11.9 Å². The summed E-state index contributed by atoms with van der Waals surface area (Å²) in [5, 5.41) is 17.4. The highest BCUT2D eigenvalue weighted by Gasteiger charge is 2.16. The molecule has 80 valence electrons. The first-order valence-corrected chi connectivity index (χ1v) is 4.32. The van der Waals surface area contributed by atoms with Crippen molar-refractivity contribution in [2.24, 2.45) is 5.73 Å². The van der Waals surface area contributed by atoms with Gasteiger partial charge in [-0.15, -0.1) is 0 Å². The normalized spacial score (nSPS) is 12.1. The van der Waals surface area contributed by atoms with Gasteiger partial charge in [0.2, 0.25) is 0 Å². The van der Waals surface area contributed by atoms with Crippen LogP contribution in [0.4, 0.5) is 0 Å². The van der Waals surface area contributed by atoms with E-state index in [1.54, 1.807) is 18.2 Å². The van der Waals surface area contributed by atoms with Crippen molar-refractivity contribution in [2.45, 2.75) is 12.5 Å². The summed E-state index contributed by atoms with van der Waals surface area (Å²) in [6.45, 7) is 0. The van der Waals surface area contributed by atoms with E-state index in [1.807, 2.05) is 0 Å². The van der Waals surface area contributed by atoms with E-state index in [-0.39, 0.29) is 12.0 Å². The molecule has 0 aliphatic rings. The number of aromatic carboxylic acids is 1. The second-order valence-corrected chi connectivity index (χ2v) is 3.11. The number of carboxylic acids is 2. The van der Waals surface area contributed by atoms with Crippen molar-refractivity contribution < 1.29 is 19.8 Å². The Labute approximate surface area is 86.1 Å². The molecule has 1 atom stereocenters. The van der Waals surface area contributed by atoms with Crippen molar-refractivity contribution in [1.29, 1.82) is 0 Å². The standard InChI is InChI=1S/C10H11NO4/c11-8(10(14)15)5-6-3-1-2-4-7(6)9(12)13/h1-4,8H,5,11H2,(H,12,13)(H,14,15). The molecule has 0 saturated heterocycles. The number of aliphatic carboxylic acids is 1. The molecule has 1 rings (SSSR count). The van der Waals surface area contributed by atoms with Gasteiger partial charge in [-0.2, -0.15) is 0 Å². The molecule has 0 radical (unpaired) electrons. The average molecular weight is 209 g/mol. The Balaban J connectivity index is 2.94. The van der Waals surface area contributed by atoms with Crippen LogP contribution in [0, 0.1) is 0 Å². The Morgan fingerprint density at radius 3 is 2.40 bits per heavy atom. The monoisotopic (exact) mass is 209 g/mol. The van der Waals surface area contributed by atoms with E-state index in [4.69, 9.17) is 15.9 Å². The van der Waals surface area contributed by atoms with Crippen LogP contribution < -0.4 is 5.73 Å². The van der Waals surface area contributed by atoms with Crippen LogP contribution in [0.1, 0.15) is 15.9 Å². The Kier molecular flexibility index (Phi) is 3.41. The average Bonchev–Trinajstić information content (AvgIpc) is 2.18. The highest BCUT2D eigenvalue weighted by atomic mass is 16.4. The number of hydrogen-bond acceptors (Lipinski definition) is 3.